The first-order valence-corrected chi connectivity index (χ1v) is 8.53. The molecule has 0 bridgehead atoms. The molecule has 22 heavy (non-hydrogen) atoms. The van der Waals surface area contributed by atoms with Crippen LogP contribution in [0.15, 0.2) is 22.5 Å². The molecular weight excluding hydrogens is 294 g/mol. The van der Waals surface area contributed by atoms with Crippen LogP contribution in [0.1, 0.15) is 28.8 Å². The average molecular weight is 319 g/mol. The predicted octanol–water partition coefficient (Wildman–Crippen LogP) is 2.40. The Morgan fingerprint density at radius 1 is 1.36 bits per heavy atom. The highest BCUT2D eigenvalue weighted by molar-refractivity contribution is 7.09. The molecule has 2 aromatic heterocycles. The molecule has 0 fully saturated rings. The quantitative estimate of drug-likeness (QED) is 0.635. The fourth-order valence-corrected chi connectivity index (χ4v) is 3.01. The standard InChI is InChI=1S/C16H25N5S/c1-5-17-16(19-11-14-7-6-10-22-14)18-9-8-15-12(2)20-21(4)13(15)3/h6-7,10H,5,8-9,11H2,1-4H3,(H2,17,18,19). The van der Waals surface area contributed by atoms with Crippen LogP contribution >= 0.6 is 11.3 Å². The third-order valence-electron chi connectivity index (χ3n) is 3.64. The van der Waals surface area contributed by atoms with Gasteiger partial charge < -0.3 is 10.6 Å². The lowest BCUT2D eigenvalue weighted by Gasteiger charge is -2.11. The number of rotatable bonds is 6. The normalized spacial score (nSPS) is 11.7. The smallest absolute Gasteiger partial charge is 0.191 e. The van der Waals surface area contributed by atoms with E-state index in [0.717, 1.165) is 37.7 Å². The van der Waals surface area contributed by atoms with Crippen molar-refractivity contribution in [2.75, 3.05) is 13.1 Å². The molecule has 0 atom stereocenters. The Morgan fingerprint density at radius 3 is 2.77 bits per heavy atom. The first-order chi connectivity index (χ1) is 10.6. The number of thiophene rings is 1. The molecule has 2 rings (SSSR count). The van der Waals surface area contributed by atoms with Crippen LogP contribution < -0.4 is 10.6 Å². The summed E-state index contributed by atoms with van der Waals surface area (Å²) in [6.07, 6.45) is 0.953. The van der Waals surface area contributed by atoms with Crippen LogP contribution in [0.25, 0.3) is 0 Å². The maximum atomic E-state index is 4.62. The van der Waals surface area contributed by atoms with Gasteiger partial charge in [-0.3, -0.25) is 4.68 Å². The van der Waals surface area contributed by atoms with E-state index < -0.39 is 0 Å². The zero-order valence-corrected chi connectivity index (χ0v) is 14.6. The molecule has 2 N–H and O–H groups in total. The topological polar surface area (TPSA) is 54.2 Å². The fraction of sp³-hybridized carbons (Fsp3) is 0.500. The number of nitrogens with zero attached hydrogens (tertiary/aromatic N) is 3. The molecule has 0 aliphatic heterocycles. The molecular formula is C16H25N5S. The maximum absolute atomic E-state index is 4.62. The van der Waals surface area contributed by atoms with E-state index in [-0.39, 0.29) is 0 Å². The Balaban J connectivity index is 1.90. The zero-order chi connectivity index (χ0) is 15.9. The summed E-state index contributed by atoms with van der Waals surface area (Å²) in [5, 5.41) is 13.2. The van der Waals surface area contributed by atoms with Crippen LogP contribution in [0.5, 0.6) is 0 Å². The van der Waals surface area contributed by atoms with Crippen LogP contribution in [-0.2, 0) is 20.0 Å². The lowest BCUT2D eigenvalue weighted by Crippen LogP contribution is -2.38. The monoisotopic (exact) mass is 319 g/mol. The predicted molar refractivity (Wildman–Crippen MR) is 93.5 cm³/mol. The van der Waals surface area contributed by atoms with Crippen LogP contribution in [-0.4, -0.2) is 28.8 Å². The summed E-state index contributed by atoms with van der Waals surface area (Å²) in [6, 6.07) is 4.17. The summed E-state index contributed by atoms with van der Waals surface area (Å²) in [6.45, 7) is 8.70. The number of guanidine groups is 1. The third-order valence-corrected chi connectivity index (χ3v) is 4.50. The largest absolute Gasteiger partial charge is 0.357 e. The van der Waals surface area contributed by atoms with Gasteiger partial charge in [-0.05, 0) is 44.2 Å². The minimum Gasteiger partial charge on any atom is -0.357 e. The molecule has 2 heterocycles. The summed E-state index contributed by atoms with van der Waals surface area (Å²) in [7, 11) is 1.99. The van der Waals surface area contributed by atoms with Gasteiger partial charge in [0.05, 0.1) is 12.2 Å². The minimum absolute atomic E-state index is 0.720. The molecule has 0 saturated heterocycles. The van der Waals surface area contributed by atoms with E-state index in [2.05, 4.69) is 59.0 Å². The van der Waals surface area contributed by atoms with Gasteiger partial charge >= 0.3 is 0 Å². The Labute approximate surface area is 136 Å². The first-order valence-electron chi connectivity index (χ1n) is 7.65. The lowest BCUT2D eigenvalue weighted by atomic mass is 10.1. The van der Waals surface area contributed by atoms with Crippen molar-refractivity contribution in [2.45, 2.75) is 33.7 Å². The first kappa shape index (κ1) is 16.5. The second-order valence-electron chi connectivity index (χ2n) is 5.22. The molecule has 5 nitrogen and oxygen atoms in total. The van der Waals surface area contributed by atoms with Crippen molar-refractivity contribution in [3.05, 3.63) is 39.3 Å². The Kier molecular flexibility index (Phi) is 6.00. The average Bonchev–Trinajstić information content (AvgIpc) is 3.08. The fourth-order valence-electron chi connectivity index (χ4n) is 2.39. The van der Waals surface area contributed by atoms with E-state index in [9.17, 15) is 0 Å². The van der Waals surface area contributed by atoms with Crippen molar-refractivity contribution in [3.63, 3.8) is 0 Å². The van der Waals surface area contributed by atoms with Crippen molar-refractivity contribution >= 4 is 17.3 Å². The molecule has 0 saturated carbocycles. The van der Waals surface area contributed by atoms with Gasteiger partial charge in [0.1, 0.15) is 0 Å². The summed E-state index contributed by atoms with van der Waals surface area (Å²) >= 11 is 1.74. The second-order valence-corrected chi connectivity index (χ2v) is 6.26. The molecule has 0 amide bonds. The molecule has 0 aromatic carbocycles. The second kappa shape index (κ2) is 7.98. The van der Waals surface area contributed by atoms with Gasteiger partial charge in [-0.25, -0.2) is 4.99 Å². The highest BCUT2D eigenvalue weighted by atomic mass is 32.1. The van der Waals surface area contributed by atoms with E-state index in [1.54, 1.807) is 11.3 Å². The molecule has 0 unspecified atom stereocenters. The molecule has 0 aliphatic carbocycles. The lowest BCUT2D eigenvalue weighted by molar-refractivity contribution is 0.729. The number of aromatic nitrogens is 2. The van der Waals surface area contributed by atoms with Gasteiger partial charge in [0.15, 0.2) is 5.96 Å². The molecule has 0 aliphatic rings. The molecule has 0 radical (unpaired) electrons. The highest BCUT2D eigenvalue weighted by Crippen LogP contribution is 2.12. The van der Waals surface area contributed by atoms with E-state index in [4.69, 9.17) is 0 Å². The van der Waals surface area contributed by atoms with Crippen LogP contribution in [0.3, 0.4) is 0 Å². The van der Waals surface area contributed by atoms with Crippen molar-refractivity contribution in [1.82, 2.24) is 20.4 Å². The number of hydrogen-bond donors (Lipinski definition) is 2. The van der Waals surface area contributed by atoms with Gasteiger partial charge in [0.25, 0.3) is 0 Å². The Bertz CT molecular complexity index is 613. The molecule has 0 spiro atoms. The van der Waals surface area contributed by atoms with Crippen LogP contribution in [0, 0.1) is 13.8 Å². The summed E-state index contributed by atoms with van der Waals surface area (Å²) < 4.78 is 1.95. The van der Waals surface area contributed by atoms with Gasteiger partial charge in [0.2, 0.25) is 0 Å². The van der Waals surface area contributed by atoms with Crippen molar-refractivity contribution in [1.29, 1.82) is 0 Å². The highest BCUT2D eigenvalue weighted by Gasteiger charge is 2.09. The Hall–Kier alpha value is -1.82. The van der Waals surface area contributed by atoms with Crippen LogP contribution in [0.2, 0.25) is 0 Å². The number of hydrogen-bond acceptors (Lipinski definition) is 3. The molecule has 6 heteroatoms. The van der Waals surface area contributed by atoms with Gasteiger partial charge in [-0.2, -0.15) is 5.10 Å². The van der Waals surface area contributed by atoms with Gasteiger partial charge in [-0.1, -0.05) is 6.07 Å². The summed E-state index contributed by atoms with van der Waals surface area (Å²) in [5.41, 5.74) is 3.67. The summed E-state index contributed by atoms with van der Waals surface area (Å²) in [4.78, 5) is 5.90. The van der Waals surface area contributed by atoms with Gasteiger partial charge in [-0.15, -0.1) is 11.3 Å². The van der Waals surface area contributed by atoms with E-state index in [0.29, 0.717) is 0 Å². The van der Waals surface area contributed by atoms with E-state index in [1.807, 2.05) is 11.7 Å². The molecule has 120 valence electrons. The van der Waals surface area contributed by atoms with E-state index in [1.165, 1.54) is 16.1 Å². The Morgan fingerprint density at radius 2 is 2.18 bits per heavy atom. The number of aryl methyl sites for hydroxylation is 2. The van der Waals surface area contributed by atoms with Crippen molar-refractivity contribution in [2.24, 2.45) is 12.0 Å². The zero-order valence-electron chi connectivity index (χ0n) is 13.8. The third kappa shape index (κ3) is 4.34. The van der Waals surface area contributed by atoms with Crippen LogP contribution in [0.4, 0.5) is 0 Å². The van der Waals surface area contributed by atoms with E-state index >= 15 is 0 Å². The maximum Gasteiger partial charge on any atom is 0.191 e. The van der Waals surface area contributed by atoms with Crippen molar-refractivity contribution in [3.8, 4) is 0 Å². The van der Waals surface area contributed by atoms with Crippen molar-refractivity contribution < 1.29 is 0 Å². The number of nitrogens with one attached hydrogen (secondary N) is 2. The number of aliphatic imine (C=N–C) groups is 1. The summed E-state index contributed by atoms with van der Waals surface area (Å²) in [5.74, 6) is 0.870. The SMILES string of the molecule is CCNC(=NCc1cccs1)NCCc1c(C)nn(C)c1C. The van der Waals surface area contributed by atoms with Gasteiger partial charge in [0, 0.05) is 30.7 Å². The minimum atomic E-state index is 0.720. The molecule has 2 aromatic rings.